The first-order valence-electron chi connectivity index (χ1n) is 16.4. The second-order valence-corrected chi connectivity index (χ2v) is 13.1. The zero-order valence-electron chi connectivity index (χ0n) is 26.7. The zero-order valence-corrected chi connectivity index (χ0v) is 26.7. The predicted octanol–water partition coefficient (Wildman–Crippen LogP) is 10.8. The van der Waals surface area contributed by atoms with Gasteiger partial charge in [0, 0.05) is 38.8 Å². The number of hydrogen-bond donors (Lipinski definition) is 0. The van der Waals surface area contributed by atoms with E-state index in [1.807, 2.05) is 12.4 Å². The van der Waals surface area contributed by atoms with Crippen molar-refractivity contribution in [1.29, 1.82) is 0 Å². The average molecular weight is 618 g/mol. The third-order valence-corrected chi connectivity index (χ3v) is 10.2. The van der Waals surface area contributed by atoms with Gasteiger partial charge in [-0.05, 0) is 71.8 Å². The molecule has 0 atom stereocenters. The average Bonchev–Trinajstić information content (AvgIpc) is 3.65. The molecule has 0 spiro atoms. The van der Waals surface area contributed by atoms with E-state index in [1.54, 1.807) is 0 Å². The van der Waals surface area contributed by atoms with Crippen LogP contribution >= 0.6 is 0 Å². The van der Waals surface area contributed by atoms with Crippen LogP contribution in [0, 0.1) is 0 Å². The lowest BCUT2D eigenvalue weighted by Gasteiger charge is -2.41. The summed E-state index contributed by atoms with van der Waals surface area (Å²) < 4.78 is 4.68. The lowest BCUT2D eigenvalue weighted by atomic mass is 9.74. The summed E-state index contributed by atoms with van der Waals surface area (Å²) in [6.07, 6.45) is 3.86. The first kappa shape index (κ1) is 27.0. The Hall–Kier alpha value is -6.20. The Labute approximate surface area is 278 Å². The molecule has 0 amide bonds. The van der Waals surface area contributed by atoms with E-state index >= 15 is 0 Å². The topological polar surface area (TPSA) is 38.9 Å². The molecule has 0 fully saturated rings. The van der Waals surface area contributed by atoms with Gasteiger partial charge in [-0.2, -0.15) is 0 Å². The largest absolute Gasteiger partial charge is 0.309 e. The lowest BCUT2D eigenvalue weighted by molar-refractivity contribution is 0.630. The molecule has 5 heterocycles. The monoisotopic (exact) mass is 617 g/mol. The van der Waals surface area contributed by atoms with Crippen LogP contribution in [0.2, 0.25) is 0 Å². The van der Waals surface area contributed by atoms with Crippen molar-refractivity contribution in [3.05, 3.63) is 163 Å². The molecule has 9 aromatic rings. The molecule has 10 rings (SSSR count). The molecule has 0 bridgehead atoms. The van der Waals surface area contributed by atoms with E-state index in [-0.39, 0.29) is 5.41 Å². The van der Waals surface area contributed by atoms with Crippen LogP contribution in [-0.4, -0.2) is 19.1 Å². The van der Waals surface area contributed by atoms with E-state index in [4.69, 9.17) is 4.98 Å². The van der Waals surface area contributed by atoms with Gasteiger partial charge in [0.2, 0.25) is 0 Å². The minimum atomic E-state index is -0.163. The highest BCUT2D eigenvalue weighted by atomic mass is 15.2. The lowest BCUT2D eigenvalue weighted by Crippen LogP contribution is -2.31. The molecular weight excluding hydrogens is 587 g/mol. The zero-order chi connectivity index (χ0) is 32.0. The van der Waals surface area contributed by atoms with Crippen molar-refractivity contribution in [2.45, 2.75) is 19.3 Å². The van der Waals surface area contributed by atoms with E-state index < -0.39 is 0 Å². The smallest absolute Gasteiger partial charge is 0.140 e. The van der Waals surface area contributed by atoms with E-state index in [0.717, 1.165) is 39.7 Å². The van der Waals surface area contributed by atoms with Crippen LogP contribution in [0.1, 0.15) is 25.0 Å². The van der Waals surface area contributed by atoms with Crippen LogP contribution in [0.25, 0.3) is 55.1 Å². The minimum absolute atomic E-state index is 0.163. The van der Waals surface area contributed by atoms with Crippen LogP contribution in [0.15, 0.2) is 152 Å². The van der Waals surface area contributed by atoms with Crippen molar-refractivity contribution in [2.24, 2.45) is 0 Å². The van der Waals surface area contributed by atoms with Crippen LogP contribution < -0.4 is 4.90 Å². The van der Waals surface area contributed by atoms with Crippen molar-refractivity contribution >= 4 is 60.8 Å². The van der Waals surface area contributed by atoms with Crippen molar-refractivity contribution in [3.8, 4) is 11.5 Å². The number of anilines is 3. The number of aromatic nitrogens is 4. The standard InChI is InChI=1S/C43H31N5/c1-43(2)33-15-6-10-19-39(33)48(40-27-44-25-24-34(40)43)42-21-11-20-41(45-42)47-37-18-9-5-14-31(37)32-26-28(22-23-38(32)47)46-35-16-7-3-12-29(35)30-13-4-8-17-36(30)46/h3-27H,1-2H3. The van der Waals surface area contributed by atoms with Crippen molar-refractivity contribution in [1.82, 2.24) is 19.1 Å². The minimum Gasteiger partial charge on any atom is -0.309 e. The summed E-state index contributed by atoms with van der Waals surface area (Å²) in [6.45, 7) is 4.58. The van der Waals surface area contributed by atoms with Crippen molar-refractivity contribution < 1.29 is 0 Å². The Bertz CT molecular complexity index is 2630. The van der Waals surface area contributed by atoms with Crippen molar-refractivity contribution in [2.75, 3.05) is 4.90 Å². The van der Waals surface area contributed by atoms with E-state index in [9.17, 15) is 0 Å². The Morgan fingerprint density at radius 2 is 1.06 bits per heavy atom. The molecule has 0 unspecified atom stereocenters. The van der Waals surface area contributed by atoms with E-state index in [0.29, 0.717) is 0 Å². The molecule has 5 aromatic carbocycles. The van der Waals surface area contributed by atoms with Gasteiger partial charge in [-0.1, -0.05) is 92.7 Å². The molecule has 228 valence electrons. The Morgan fingerprint density at radius 3 is 1.81 bits per heavy atom. The normalized spacial score (nSPS) is 13.8. The fourth-order valence-electron chi connectivity index (χ4n) is 8.02. The summed E-state index contributed by atoms with van der Waals surface area (Å²) in [5.74, 6) is 1.73. The molecule has 0 aliphatic carbocycles. The van der Waals surface area contributed by atoms with Crippen LogP contribution in [0.5, 0.6) is 0 Å². The summed E-state index contributed by atoms with van der Waals surface area (Å²) in [6, 6.07) is 50.0. The highest BCUT2D eigenvalue weighted by molar-refractivity contribution is 6.12. The summed E-state index contributed by atoms with van der Waals surface area (Å²) in [5, 5.41) is 4.91. The second kappa shape index (κ2) is 9.90. The van der Waals surface area contributed by atoms with Gasteiger partial charge < -0.3 is 4.57 Å². The van der Waals surface area contributed by atoms with Gasteiger partial charge in [0.1, 0.15) is 11.6 Å². The third kappa shape index (κ3) is 3.67. The van der Waals surface area contributed by atoms with Crippen LogP contribution in [0.4, 0.5) is 17.2 Å². The van der Waals surface area contributed by atoms with Gasteiger partial charge in [0.15, 0.2) is 0 Å². The van der Waals surface area contributed by atoms with Crippen LogP contribution in [-0.2, 0) is 5.41 Å². The number of nitrogens with zero attached hydrogens (tertiary/aromatic N) is 5. The molecular formula is C43H31N5. The maximum Gasteiger partial charge on any atom is 0.140 e. The van der Waals surface area contributed by atoms with E-state index in [2.05, 4.69) is 172 Å². The summed E-state index contributed by atoms with van der Waals surface area (Å²) in [5.41, 5.74) is 10.3. The predicted molar refractivity (Wildman–Crippen MR) is 198 cm³/mol. The third-order valence-electron chi connectivity index (χ3n) is 10.2. The quantitative estimate of drug-likeness (QED) is 0.198. The van der Waals surface area contributed by atoms with Crippen LogP contribution in [0.3, 0.4) is 0 Å². The van der Waals surface area contributed by atoms with Gasteiger partial charge in [-0.25, -0.2) is 4.98 Å². The number of hydrogen-bond acceptors (Lipinski definition) is 3. The Morgan fingerprint density at radius 1 is 0.479 bits per heavy atom. The highest BCUT2D eigenvalue weighted by Crippen LogP contribution is 2.51. The van der Waals surface area contributed by atoms with Gasteiger partial charge >= 0.3 is 0 Å². The second-order valence-electron chi connectivity index (χ2n) is 13.1. The summed E-state index contributed by atoms with van der Waals surface area (Å²) in [7, 11) is 0. The number of pyridine rings is 2. The summed E-state index contributed by atoms with van der Waals surface area (Å²) >= 11 is 0. The van der Waals surface area contributed by atoms with E-state index in [1.165, 1.54) is 43.7 Å². The maximum atomic E-state index is 5.39. The number of benzene rings is 5. The molecule has 0 N–H and O–H groups in total. The van der Waals surface area contributed by atoms with Gasteiger partial charge in [-0.15, -0.1) is 0 Å². The molecule has 4 aromatic heterocycles. The Kier molecular flexibility index (Phi) is 5.56. The SMILES string of the molecule is CC1(C)c2ccccc2N(c2cccc(-n3c4ccccc4c4cc(-n5c6ccccc6c6ccccc65)ccc43)n2)c2cnccc21. The number of para-hydroxylation sites is 4. The number of fused-ring (bicyclic) bond motifs is 8. The molecule has 0 radical (unpaired) electrons. The first-order valence-corrected chi connectivity index (χ1v) is 16.4. The first-order chi connectivity index (χ1) is 23.6. The Balaban J connectivity index is 1.19. The fraction of sp³-hybridized carbons (Fsp3) is 0.0698. The molecule has 0 saturated carbocycles. The molecule has 1 aliphatic rings. The molecule has 48 heavy (non-hydrogen) atoms. The molecule has 5 nitrogen and oxygen atoms in total. The maximum absolute atomic E-state index is 5.39. The fourth-order valence-corrected chi connectivity index (χ4v) is 8.02. The van der Waals surface area contributed by atoms with Gasteiger partial charge in [0.25, 0.3) is 0 Å². The number of rotatable bonds is 3. The molecule has 5 heteroatoms. The molecule has 1 aliphatic heterocycles. The van der Waals surface area contributed by atoms with Crippen molar-refractivity contribution in [3.63, 3.8) is 0 Å². The molecule has 0 saturated heterocycles. The highest BCUT2D eigenvalue weighted by Gasteiger charge is 2.37. The van der Waals surface area contributed by atoms with Gasteiger partial charge in [-0.3, -0.25) is 14.5 Å². The summed E-state index contributed by atoms with van der Waals surface area (Å²) in [4.78, 5) is 12.2. The van der Waals surface area contributed by atoms with Gasteiger partial charge in [0.05, 0.1) is 39.6 Å².